The van der Waals surface area contributed by atoms with Gasteiger partial charge in [0.25, 0.3) is 5.91 Å². The Morgan fingerprint density at radius 3 is 2.56 bits per heavy atom. The predicted molar refractivity (Wildman–Crippen MR) is 142 cm³/mol. The zero-order valence-corrected chi connectivity index (χ0v) is 22.4. The number of nitrogens with one attached hydrogen (secondary N) is 2. The lowest BCUT2D eigenvalue weighted by Crippen LogP contribution is -2.16. The normalized spacial score (nSPS) is 12.8. The number of fused-ring (bicyclic) bond motifs is 1. The van der Waals surface area contributed by atoms with E-state index in [0.29, 0.717) is 31.3 Å². The van der Waals surface area contributed by atoms with Crippen molar-refractivity contribution in [3.63, 3.8) is 0 Å². The van der Waals surface area contributed by atoms with Gasteiger partial charge >= 0.3 is 5.97 Å². The van der Waals surface area contributed by atoms with Gasteiger partial charge in [-0.05, 0) is 62.4 Å². The maximum absolute atomic E-state index is 12.7. The number of esters is 1. The second kappa shape index (κ2) is 12.3. The van der Waals surface area contributed by atoms with Gasteiger partial charge in [0.05, 0.1) is 25.0 Å². The Balaban J connectivity index is 1.35. The smallest absolute Gasteiger partial charge is 0.341 e. The molecular formula is C24H26N4O5S3. The van der Waals surface area contributed by atoms with Gasteiger partial charge in [0.2, 0.25) is 11.0 Å². The van der Waals surface area contributed by atoms with Crippen LogP contribution in [0.5, 0.6) is 5.75 Å². The van der Waals surface area contributed by atoms with Gasteiger partial charge in [-0.1, -0.05) is 29.5 Å². The Labute approximate surface area is 221 Å². The molecule has 0 unspecified atom stereocenters. The standard InChI is InChI=1S/C24H26N4O5S3/c1-3-33-22(31)19-16-7-5-4-6-8-17(16)35-21(19)25-18(29)13-34-24-28-27-23(36-24)26-20(30)14-9-11-15(32-2)12-10-14/h9-12H,3-8,13H2,1-2H3,(H,25,29)(H,26,27,30). The van der Waals surface area contributed by atoms with E-state index in [2.05, 4.69) is 20.8 Å². The first-order valence-corrected chi connectivity index (χ1v) is 14.1. The number of anilines is 2. The Morgan fingerprint density at radius 2 is 1.81 bits per heavy atom. The maximum Gasteiger partial charge on any atom is 0.341 e. The number of benzene rings is 1. The van der Waals surface area contributed by atoms with E-state index in [-0.39, 0.29) is 30.1 Å². The van der Waals surface area contributed by atoms with Crippen LogP contribution in [0, 0.1) is 0 Å². The summed E-state index contributed by atoms with van der Waals surface area (Å²) in [5.74, 6) is -0.201. The van der Waals surface area contributed by atoms with Crippen LogP contribution in [-0.2, 0) is 22.4 Å². The third-order valence-electron chi connectivity index (χ3n) is 5.46. The minimum absolute atomic E-state index is 0.0892. The minimum atomic E-state index is -0.388. The lowest BCUT2D eigenvalue weighted by atomic mass is 10.1. The van der Waals surface area contributed by atoms with Crippen LogP contribution in [0.4, 0.5) is 10.1 Å². The molecule has 2 aromatic heterocycles. The number of aryl methyl sites for hydroxylation is 1. The fraction of sp³-hybridized carbons (Fsp3) is 0.375. The first kappa shape index (κ1) is 26.1. The predicted octanol–water partition coefficient (Wildman–Crippen LogP) is 5.04. The Hall–Kier alpha value is -2.96. The molecule has 0 bridgehead atoms. The second-order valence-corrected chi connectivity index (χ2v) is 11.2. The molecule has 36 heavy (non-hydrogen) atoms. The molecular weight excluding hydrogens is 520 g/mol. The molecule has 1 aliphatic carbocycles. The SMILES string of the molecule is CCOC(=O)c1c(NC(=O)CSc2nnc(NC(=O)c3ccc(OC)cc3)s2)sc2c1CCCCC2. The lowest BCUT2D eigenvalue weighted by molar-refractivity contribution is -0.113. The summed E-state index contributed by atoms with van der Waals surface area (Å²) in [5.41, 5.74) is 1.98. The molecule has 2 amide bonds. The number of carbonyl (C=O) groups excluding carboxylic acids is 3. The van der Waals surface area contributed by atoms with E-state index >= 15 is 0 Å². The number of hydrogen-bond acceptors (Lipinski definition) is 10. The van der Waals surface area contributed by atoms with Gasteiger partial charge in [0.15, 0.2) is 4.34 Å². The number of hydrogen-bond donors (Lipinski definition) is 2. The third-order valence-corrected chi connectivity index (χ3v) is 8.64. The molecule has 2 N–H and O–H groups in total. The van der Waals surface area contributed by atoms with Crippen LogP contribution < -0.4 is 15.4 Å². The molecule has 0 spiro atoms. The highest BCUT2D eigenvalue weighted by Gasteiger charge is 2.26. The maximum atomic E-state index is 12.7. The molecule has 0 saturated heterocycles. The molecule has 0 saturated carbocycles. The van der Waals surface area contributed by atoms with Crippen molar-refractivity contribution in [2.24, 2.45) is 0 Å². The molecule has 190 valence electrons. The Bertz CT molecular complexity index is 1240. The van der Waals surface area contributed by atoms with E-state index in [9.17, 15) is 14.4 Å². The van der Waals surface area contributed by atoms with Crippen molar-refractivity contribution in [1.82, 2.24) is 10.2 Å². The molecule has 1 aliphatic rings. The summed E-state index contributed by atoms with van der Waals surface area (Å²) in [4.78, 5) is 39.0. The van der Waals surface area contributed by atoms with Gasteiger partial charge in [-0.25, -0.2) is 4.79 Å². The molecule has 0 atom stereocenters. The number of methoxy groups -OCH3 is 1. The van der Waals surface area contributed by atoms with Gasteiger partial charge in [-0.15, -0.1) is 21.5 Å². The zero-order valence-electron chi connectivity index (χ0n) is 19.9. The van der Waals surface area contributed by atoms with Crippen molar-refractivity contribution < 1.29 is 23.9 Å². The van der Waals surface area contributed by atoms with Crippen molar-refractivity contribution in [3.8, 4) is 5.75 Å². The van der Waals surface area contributed by atoms with Crippen LogP contribution in [0.1, 0.15) is 57.3 Å². The summed E-state index contributed by atoms with van der Waals surface area (Å²) < 4.78 is 10.9. The number of aromatic nitrogens is 2. The lowest BCUT2D eigenvalue weighted by Gasteiger charge is -2.08. The van der Waals surface area contributed by atoms with Gasteiger partial charge in [0.1, 0.15) is 10.8 Å². The zero-order chi connectivity index (χ0) is 25.5. The van der Waals surface area contributed by atoms with Crippen LogP contribution in [0.15, 0.2) is 28.6 Å². The van der Waals surface area contributed by atoms with Crippen molar-refractivity contribution in [2.45, 2.75) is 43.4 Å². The van der Waals surface area contributed by atoms with Crippen LogP contribution in [0.25, 0.3) is 0 Å². The summed E-state index contributed by atoms with van der Waals surface area (Å²) >= 11 is 3.86. The number of ether oxygens (including phenoxy) is 2. The van der Waals surface area contributed by atoms with Crippen LogP contribution >= 0.6 is 34.4 Å². The average Bonchev–Trinajstić information content (AvgIpc) is 3.39. The molecule has 9 nitrogen and oxygen atoms in total. The Kier molecular flexibility index (Phi) is 8.94. The van der Waals surface area contributed by atoms with Crippen LogP contribution in [0.2, 0.25) is 0 Å². The van der Waals surface area contributed by atoms with E-state index in [1.165, 1.54) is 34.4 Å². The number of thioether (sulfide) groups is 1. The third kappa shape index (κ3) is 6.42. The Morgan fingerprint density at radius 1 is 1.03 bits per heavy atom. The molecule has 0 radical (unpaired) electrons. The number of carbonyl (C=O) groups is 3. The molecule has 0 fully saturated rings. The molecule has 2 heterocycles. The fourth-order valence-corrected chi connectivity index (χ4v) is 6.61. The minimum Gasteiger partial charge on any atom is -0.497 e. The van der Waals surface area contributed by atoms with Crippen LogP contribution in [0.3, 0.4) is 0 Å². The highest BCUT2D eigenvalue weighted by molar-refractivity contribution is 8.01. The summed E-state index contributed by atoms with van der Waals surface area (Å²) in [6.45, 7) is 2.05. The highest BCUT2D eigenvalue weighted by Crippen LogP contribution is 2.38. The van der Waals surface area contributed by atoms with E-state index < -0.39 is 0 Å². The van der Waals surface area contributed by atoms with E-state index in [1.54, 1.807) is 38.3 Å². The summed E-state index contributed by atoms with van der Waals surface area (Å²) in [6, 6.07) is 6.72. The van der Waals surface area contributed by atoms with E-state index in [1.807, 2.05) is 0 Å². The monoisotopic (exact) mass is 546 g/mol. The summed E-state index contributed by atoms with van der Waals surface area (Å²) in [7, 11) is 1.56. The first-order valence-electron chi connectivity index (χ1n) is 11.5. The molecule has 0 aliphatic heterocycles. The quantitative estimate of drug-likeness (QED) is 0.166. The summed E-state index contributed by atoms with van der Waals surface area (Å²) in [5, 5.41) is 14.5. The van der Waals surface area contributed by atoms with E-state index in [0.717, 1.165) is 42.5 Å². The fourth-order valence-electron chi connectivity index (χ4n) is 3.77. The topological polar surface area (TPSA) is 120 Å². The van der Waals surface area contributed by atoms with Crippen molar-refractivity contribution in [3.05, 3.63) is 45.8 Å². The van der Waals surface area contributed by atoms with Gasteiger partial charge in [-0.3, -0.25) is 14.9 Å². The highest BCUT2D eigenvalue weighted by atomic mass is 32.2. The molecule has 4 rings (SSSR count). The number of amides is 2. The first-order chi connectivity index (χ1) is 17.5. The van der Waals surface area contributed by atoms with Crippen molar-refractivity contribution >= 4 is 62.4 Å². The molecule has 12 heteroatoms. The number of nitrogens with zero attached hydrogens (tertiary/aromatic N) is 2. The van der Waals surface area contributed by atoms with Gasteiger partial charge < -0.3 is 14.8 Å². The van der Waals surface area contributed by atoms with Gasteiger partial charge in [0, 0.05) is 10.4 Å². The summed E-state index contributed by atoms with van der Waals surface area (Å²) in [6.07, 6.45) is 4.96. The number of thiophene rings is 1. The largest absolute Gasteiger partial charge is 0.497 e. The van der Waals surface area contributed by atoms with Crippen molar-refractivity contribution in [2.75, 3.05) is 30.1 Å². The molecule has 1 aromatic carbocycles. The average molecular weight is 547 g/mol. The van der Waals surface area contributed by atoms with Gasteiger partial charge in [-0.2, -0.15) is 0 Å². The van der Waals surface area contributed by atoms with Crippen molar-refractivity contribution in [1.29, 1.82) is 0 Å². The second-order valence-electron chi connectivity index (χ2n) is 7.88. The van der Waals surface area contributed by atoms with E-state index in [4.69, 9.17) is 9.47 Å². The van der Waals surface area contributed by atoms with Crippen LogP contribution in [-0.4, -0.2) is 47.5 Å². The number of rotatable bonds is 9. The molecule has 3 aromatic rings.